The number of benzene rings is 4. The quantitative estimate of drug-likeness (QED) is 0.281. The summed E-state index contributed by atoms with van der Waals surface area (Å²) in [6.45, 7) is 0.381. The number of phenols is 4. The molecule has 0 amide bonds. The minimum Gasteiger partial charge on any atom is -0.507 e. The lowest BCUT2D eigenvalue weighted by Gasteiger charge is -2.18. The van der Waals surface area contributed by atoms with E-state index in [1.807, 2.05) is 66.7 Å². The molecule has 4 aromatic rings. The predicted molar refractivity (Wildman–Crippen MR) is 134 cm³/mol. The largest absolute Gasteiger partial charge is 0.507 e. The van der Waals surface area contributed by atoms with Gasteiger partial charge < -0.3 is 25.2 Å². The summed E-state index contributed by atoms with van der Waals surface area (Å²) >= 11 is 0. The molecule has 0 aliphatic heterocycles. The number of para-hydroxylation sites is 3. The molecule has 1 aliphatic carbocycles. The zero-order valence-electron chi connectivity index (χ0n) is 19.6. The molecular weight excluding hydrogens is 440 g/mol. The van der Waals surface area contributed by atoms with Crippen molar-refractivity contribution in [1.82, 2.24) is 0 Å². The Bertz CT molecular complexity index is 1310. The predicted octanol–water partition coefficient (Wildman–Crippen LogP) is 5.33. The third kappa shape index (κ3) is 4.43. The Labute approximate surface area is 204 Å². The summed E-state index contributed by atoms with van der Waals surface area (Å²) in [4.78, 5) is 0. The summed E-state index contributed by atoms with van der Waals surface area (Å²) in [6.07, 6.45) is 1.36. The van der Waals surface area contributed by atoms with Gasteiger partial charge >= 0.3 is 0 Å². The number of hydrogen-bond acceptors (Lipinski definition) is 5. The molecule has 35 heavy (non-hydrogen) atoms. The fourth-order valence-electron chi connectivity index (χ4n) is 4.96. The molecule has 0 radical (unpaired) electrons. The zero-order valence-corrected chi connectivity index (χ0v) is 19.6. The average molecular weight is 469 g/mol. The Hall–Kier alpha value is -3.96. The summed E-state index contributed by atoms with van der Waals surface area (Å²) < 4.78 is 5.35. The molecular formula is C30H28O5. The third-order valence-corrected chi connectivity index (χ3v) is 6.77. The van der Waals surface area contributed by atoms with Crippen LogP contribution < -0.4 is 0 Å². The fraction of sp³-hybridized carbons (Fsp3) is 0.200. The van der Waals surface area contributed by atoms with Gasteiger partial charge in [0.1, 0.15) is 23.0 Å². The molecule has 0 aromatic heterocycles. The van der Waals surface area contributed by atoms with Crippen molar-refractivity contribution in [2.75, 3.05) is 7.11 Å². The van der Waals surface area contributed by atoms with E-state index in [4.69, 9.17) is 4.74 Å². The molecule has 4 aromatic carbocycles. The molecule has 0 atom stereocenters. The molecule has 5 rings (SSSR count). The monoisotopic (exact) mass is 468 g/mol. The number of methoxy groups -OCH3 is 1. The van der Waals surface area contributed by atoms with Crippen LogP contribution in [0.5, 0.6) is 23.0 Å². The molecule has 8 bridgehead atoms. The molecule has 5 heteroatoms. The van der Waals surface area contributed by atoms with E-state index in [2.05, 4.69) is 0 Å². The summed E-state index contributed by atoms with van der Waals surface area (Å²) in [7, 11) is 1.62. The third-order valence-electron chi connectivity index (χ3n) is 6.77. The zero-order chi connectivity index (χ0) is 24.5. The smallest absolute Gasteiger partial charge is 0.122 e. The van der Waals surface area contributed by atoms with Crippen molar-refractivity contribution in [3.8, 4) is 23.0 Å². The highest BCUT2D eigenvalue weighted by Crippen LogP contribution is 2.37. The second-order valence-electron chi connectivity index (χ2n) is 9.18. The van der Waals surface area contributed by atoms with Crippen molar-refractivity contribution in [3.63, 3.8) is 0 Å². The molecule has 0 fully saturated rings. The Balaban J connectivity index is 1.72. The first kappa shape index (κ1) is 22.8. The van der Waals surface area contributed by atoms with Gasteiger partial charge in [0, 0.05) is 32.8 Å². The van der Waals surface area contributed by atoms with E-state index < -0.39 is 0 Å². The normalized spacial score (nSPS) is 12.9. The number of fused-ring (bicyclic) bond motifs is 8. The lowest BCUT2D eigenvalue weighted by Crippen LogP contribution is -2.02. The highest BCUT2D eigenvalue weighted by atomic mass is 16.5. The maximum absolute atomic E-state index is 11.2. The van der Waals surface area contributed by atoms with E-state index in [-0.39, 0.29) is 23.0 Å². The van der Waals surface area contributed by atoms with Crippen LogP contribution in [0.3, 0.4) is 0 Å². The van der Waals surface area contributed by atoms with Gasteiger partial charge in [-0.15, -0.1) is 0 Å². The Morgan fingerprint density at radius 3 is 1.11 bits per heavy atom. The standard InChI is InChI=1S/C30H28O5/c1-35-17-18-11-25-15-23-9-3-7-21(28(23)32)13-19-5-2-6-20(27(19)31)14-22-8-4-10-24(29(22)33)16-26(12-18)30(25)34/h2-12,31-34H,13-17H2,1H3. The highest BCUT2D eigenvalue weighted by molar-refractivity contribution is 5.55. The van der Waals surface area contributed by atoms with Crippen LogP contribution in [0.1, 0.15) is 50.1 Å². The van der Waals surface area contributed by atoms with Gasteiger partial charge in [0.05, 0.1) is 6.61 Å². The summed E-state index contributed by atoms with van der Waals surface area (Å²) in [6, 6.07) is 20.5. The summed E-state index contributed by atoms with van der Waals surface area (Å²) in [5.74, 6) is 0.631. The van der Waals surface area contributed by atoms with Crippen molar-refractivity contribution < 1.29 is 25.2 Å². The maximum atomic E-state index is 11.2. The fourth-order valence-corrected chi connectivity index (χ4v) is 4.96. The van der Waals surface area contributed by atoms with Crippen molar-refractivity contribution in [2.24, 2.45) is 0 Å². The van der Waals surface area contributed by atoms with E-state index in [0.717, 1.165) is 5.56 Å². The van der Waals surface area contributed by atoms with Crippen LogP contribution in [0.15, 0.2) is 66.7 Å². The molecule has 4 N–H and O–H groups in total. The number of phenolic OH excluding ortho intramolecular Hbond substituents is 4. The average Bonchev–Trinajstić information content (AvgIpc) is 2.84. The minimum absolute atomic E-state index is 0.148. The van der Waals surface area contributed by atoms with Gasteiger partial charge in [-0.25, -0.2) is 0 Å². The van der Waals surface area contributed by atoms with Crippen LogP contribution in [0.25, 0.3) is 0 Å². The van der Waals surface area contributed by atoms with Crippen LogP contribution >= 0.6 is 0 Å². The Kier molecular flexibility index (Phi) is 6.10. The van der Waals surface area contributed by atoms with Gasteiger partial charge in [0.2, 0.25) is 0 Å². The van der Waals surface area contributed by atoms with Crippen LogP contribution in [-0.2, 0) is 37.0 Å². The Morgan fingerprint density at radius 2 is 0.800 bits per heavy atom. The van der Waals surface area contributed by atoms with Crippen LogP contribution in [-0.4, -0.2) is 27.5 Å². The lowest BCUT2D eigenvalue weighted by atomic mass is 9.90. The molecule has 0 heterocycles. The second-order valence-corrected chi connectivity index (χ2v) is 9.18. The van der Waals surface area contributed by atoms with Gasteiger partial charge in [0.15, 0.2) is 0 Å². The van der Waals surface area contributed by atoms with Crippen LogP contribution in [0.2, 0.25) is 0 Å². The molecule has 0 saturated carbocycles. The molecule has 178 valence electrons. The van der Waals surface area contributed by atoms with Crippen molar-refractivity contribution >= 4 is 0 Å². The lowest BCUT2D eigenvalue weighted by molar-refractivity contribution is 0.184. The van der Waals surface area contributed by atoms with E-state index in [9.17, 15) is 20.4 Å². The minimum atomic E-state index is 0.148. The van der Waals surface area contributed by atoms with E-state index in [1.54, 1.807) is 7.11 Å². The van der Waals surface area contributed by atoms with Crippen molar-refractivity contribution in [1.29, 1.82) is 0 Å². The molecule has 0 saturated heterocycles. The molecule has 1 aliphatic rings. The van der Waals surface area contributed by atoms with Gasteiger partial charge in [0.25, 0.3) is 0 Å². The van der Waals surface area contributed by atoms with Crippen molar-refractivity contribution in [2.45, 2.75) is 32.3 Å². The topological polar surface area (TPSA) is 90.2 Å². The molecule has 5 nitrogen and oxygen atoms in total. The van der Waals surface area contributed by atoms with E-state index >= 15 is 0 Å². The molecule has 0 spiro atoms. The van der Waals surface area contributed by atoms with Gasteiger partial charge in [-0.3, -0.25) is 0 Å². The number of aromatic hydroxyl groups is 4. The van der Waals surface area contributed by atoms with Gasteiger partial charge in [-0.05, 0) is 62.2 Å². The van der Waals surface area contributed by atoms with Crippen LogP contribution in [0, 0.1) is 0 Å². The van der Waals surface area contributed by atoms with Crippen molar-refractivity contribution in [3.05, 3.63) is 117 Å². The first-order valence-corrected chi connectivity index (χ1v) is 11.7. The van der Waals surface area contributed by atoms with Gasteiger partial charge in [-0.1, -0.05) is 54.6 Å². The van der Waals surface area contributed by atoms with Gasteiger partial charge in [-0.2, -0.15) is 0 Å². The maximum Gasteiger partial charge on any atom is 0.122 e. The van der Waals surface area contributed by atoms with E-state index in [0.29, 0.717) is 76.8 Å². The molecule has 0 unspecified atom stereocenters. The second kappa shape index (κ2) is 9.35. The number of rotatable bonds is 2. The highest BCUT2D eigenvalue weighted by Gasteiger charge is 2.19. The SMILES string of the molecule is COCc1cc2c(O)c(c1)Cc1cccc(c1O)Cc1cccc(c1O)Cc1cccc(c1O)C2. The first-order valence-electron chi connectivity index (χ1n) is 11.7. The number of hydrogen-bond donors (Lipinski definition) is 4. The summed E-state index contributed by atoms with van der Waals surface area (Å²) in [5.41, 5.74) is 6.41. The Morgan fingerprint density at radius 1 is 0.514 bits per heavy atom. The van der Waals surface area contributed by atoms with E-state index in [1.165, 1.54) is 0 Å². The first-order chi connectivity index (χ1) is 16.9. The summed E-state index contributed by atoms with van der Waals surface area (Å²) in [5, 5.41) is 44.4. The number of ether oxygens (including phenoxy) is 1. The van der Waals surface area contributed by atoms with Crippen LogP contribution in [0.4, 0.5) is 0 Å².